The lowest BCUT2D eigenvalue weighted by Crippen LogP contribution is -2.55. The van der Waals surface area contributed by atoms with E-state index in [9.17, 15) is 15.2 Å². The van der Waals surface area contributed by atoms with Gasteiger partial charge in [0.05, 0.1) is 29.8 Å². The van der Waals surface area contributed by atoms with E-state index in [2.05, 4.69) is 21.2 Å². The second kappa shape index (κ2) is 8.71. The average molecular weight is 442 g/mol. The van der Waals surface area contributed by atoms with E-state index in [1.54, 1.807) is 0 Å². The van der Waals surface area contributed by atoms with Crippen LogP contribution in [-0.2, 0) is 13.0 Å². The van der Waals surface area contributed by atoms with Crippen LogP contribution >= 0.6 is 0 Å². The fourth-order valence-corrected chi connectivity index (χ4v) is 5.88. The van der Waals surface area contributed by atoms with Crippen molar-refractivity contribution in [3.63, 3.8) is 0 Å². The quantitative estimate of drug-likeness (QED) is 0.695. The van der Waals surface area contributed by atoms with Gasteiger partial charge in [-0.3, -0.25) is 4.90 Å². The minimum atomic E-state index is -0.972. The van der Waals surface area contributed by atoms with Crippen molar-refractivity contribution in [2.24, 2.45) is 0 Å². The molecule has 0 saturated carbocycles. The first-order valence-corrected chi connectivity index (χ1v) is 11.7. The number of carboxylic acid groups (broad SMARTS) is 1. The fraction of sp³-hybridized carbons (Fsp3) is 0.727. The highest BCUT2D eigenvalue weighted by Crippen LogP contribution is 2.39. The van der Waals surface area contributed by atoms with E-state index in [4.69, 9.17) is 14.7 Å². The van der Waals surface area contributed by atoms with Crippen LogP contribution in [0.15, 0.2) is 0 Å². The summed E-state index contributed by atoms with van der Waals surface area (Å²) in [5.41, 5.74) is 2.20. The molecule has 4 aliphatic rings. The molecule has 5 heterocycles. The van der Waals surface area contributed by atoms with Crippen molar-refractivity contribution in [2.75, 3.05) is 50.8 Å². The van der Waals surface area contributed by atoms with Crippen molar-refractivity contribution in [3.8, 4) is 12.1 Å². The predicted octanol–water partition coefficient (Wildman–Crippen LogP) is 1.21. The number of amides is 1. The number of aromatic nitrogens is 2. The van der Waals surface area contributed by atoms with Gasteiger partial charge in [-0.05, 0) is 51.7 Å². The first-order valence-electron chi connectivity index (χ1n) is 11.7. The maximum Gasteiger partial charge on any atom is 0.407 e. The molecule has 0 aliphatic carbocycles. The minimum Gasteiger partial charge on any atom is -0.465 e. The van der Waals surface area contributed by atoms with Gasteiger partial charge in [0, 0.05) is 31.7 Å². The number of fused-ring (bicyclic) bond motifs is 2. The lowest BCUT2D eigenvalue weighted by atomic mass is 9.95. The van der Waals surface area contributed by atoms with Crippen LogP contribution in [0.5, 0.6) is 6.01 Å². The molecule has 3 fully saturated rings. The molecule has 2 N–H and O–H groups in total. The predicted molar refractivity (Wildman–Crippen MR) is 117 cm³/mol. The SMILES string of the molecule is N#CC[C@H]1CN(c2nc(OCC34CCCN3CCC4)nc3c2CCNC3)CCN1C(=O)O. The van der Waals surface area contributed by atoms with Gasteiger partial charge in [-0.1, -0.05) is 0 Å². The molecule has 0 radical (unpaired) electrons. The maximum atomic E-state index is 11.6. The average Bonchev–Trinajstić information content (AvgIpc) is 3.37. The summed E-state index contributed by atoms with van der Waals surface area (Å²) >= 11 is 0. The summed E-state index contributed by atoms with van der Waals surface area (Å²) in [6.45, 7) is 5.80. The van der Waals surface area contributed by atoms with E-state index in [-0.39, 0.29) is 18.0 Å². The van der Waals surface area contributed by atoms with Crippen LogP contribution in [0.25, 0.3) is 0 Å². The van der Waals surface area contributed by atoms with Crippen LogP contribution in [0.3, 0.4) is 0 Å². The summed E-state index contributed by atoms with van der Waals surface area (Å²) in [7, 11) is 0. The Hall–Kier alpha value is -2.64. The first kappa shape index (κ1) is 21.2. The topological polar surface area (TPSA) is 118 Å². The number of anilines is 1. The Morgan fingerprint density at radius 3 is 2.81 bits per heavy atom. The van der Waals surface area contributed by atoms with Gasteiger partial charge in [-0.2, -0.15) is 15.2 Å². The summed E-state index contributed by atoms with van der Waals surface area (Å²) in [5.74, 6) is 0.840. The summed E-state index contributed by atoms with van der Waals surface area (Å²) in [5, 5.41) is 22.1. The number of carbonyl (C=O) groups is 1. The number of rotatable bonds is 5. The van der Waals surface area contributed by atoms with Crippen LogP contribution < -0.4 is 15.0 Å². The van der Waals surface area contributed by atoms with Gasteiger partial charge in [-0.15, -0.1) is 0 Å². The van der Waals surface area contributed by atoms with E-state index in [0.29, 0.717) is 38.8 Å². The zero-order valence-electron chi connectivity index (χ0n) is 18.4. The molecule has 1 aromatic heterocycles. The van der Waals surface area contributed by atoms with Crippen LogP contribution in [0.4, 0.5) is 10.6 Å². The number of ether oxygens (including phenoxy) is 1. The van der Waals surface area contributed by atoms with Crippen LogP contribution in [-0.4, -0.2) is 88.4 Å². The molecule has 1 amide bonds. The molecule has 1 atom stereocenters. The number of nitrogens with one attached hydrogen (secondary N) is 1. The van der Waals surface area contributed by atoms with Crippen molar-refractivity contribution in [1.29, 1.82) is 5.26 Å². The summed E-state index contributed by atoms with van der Waals surface area (Å²) in [6, 6.07) is 2.18. The second-order valence-electron chi connectivity index (χ2n) is 9.33. The van der Waals surface area contributed by atoms with Crippen LogP contribution in [0.1, 0.15) is 43.4 Å². The third-order valence-electron chi connectivity index (χ3n) is 7.53. The van der Waals surface area contributed by atoms with Gasteiger partial charge in [-0.25, -0.2) is 4.79 Å². The van der Waals surface area contributed by atoms with Gasteiger partial charge in [0.2, 0.25) is 0 Å². The number of piperazine rings is 1. The van der Waals surface area contributed by atoms with Crippen molar-refractivity contribution in [3.05, 3.63) is 11.3 Å². The van der Waals surface area contributed by atoms with Crippen molar-refractivity contribution >= 4 is 11.9 Å². The van der Waals surface area contributed by atoms with Gasteiger partial charge in [0.1, 0.15) is 12.4 Å². The molecule has 172 valence electrons. The Bertz CT molecular complexity index is 908. The van der Waals surface area contributed by atoms with Crippen LogP contribution in [0.2, 0.25) is 0 Å². The molecular weight excluding hydrogens is 410 g/mol. The Morgan fingerprint density at radius 2 is 2.06 bits per heavy atom. The van der Waals surface area contributed by atoms with Gasteiger partial charge in [0.25, 0.3) is 0 Å². The largest absolute Gasteiger partial charge is 0.465 e. The number of hydrogen-bond donors (Lipinski definition) is 2. The molecule has 10 heteroatoms. The standard InChI is InChI=1S/C22H31N7O3/c23-7-3-16-14-27(11-12-29(16)21(30)31)19-17-4-8-24-13-18(17)25-20(26-19)32-15-22-5-1-9-28(22)10-2-6-22/h16,24H,1-6,8-15H2,(H,30,31)/t16-/m0/s1. The Labute approximate surface area is 188 Å². The third kappa shape index (κ3) is 3.84. The monoisotopic (exact) mass is 441 g/mol. The molecule has 4 aliphatic heterocycles. The van der Waals surface area contributed by atoms with E-state index in [0.717, 1.165) is 43.1 Å². The molecule has 3 saturated heterocycles. The zero-order chi connectivity index (χ0) is 22.1. The Kier molecular flexibility index (Phi) is 5.78. The van der Waals surface area contributed by atoms with Crippen molar-refractivity contribution < 1.29 is 14.6 Å². The van der Waals surface area contributed by atoms with Gasteiger partial charge < -0.3 is 25.0 Å². The maximum absolute atomic E-state index is 11.6. The summed E-state index contributed by atoms with van der Waals surface area (Å²) in [6.07, 6.45) is 4.79. The summed E-state index contributed by atoms with van der Waals surface area (Å²) in [4.78, 5) is 27.3. The number of nitriles is 1. The van der Waals surface area contributed by atoms with Gasteiger partial charge in [0.15, 0.2) is 0 Å². The van der Waals surface area contributed by atoms with E-state index >= 15 is 0 Å². The highest BCUT2D eigenvalue weighted by Gasteiger charge is 2.45. The number of hydrogen-bond acceptors (Lipinski definition) is 8. The van der Waals surface area contributed by atoms with E-state index in [1.165, 1.54) is 30.6 Å². The molecule has 0 spiro atoms. The number of nitrogens with zero attached hydrogens (tertiary/aromatic N) is 6. The molecule has 1 aromatic rings. The lowest BCUT2D eigenvalue weighted by molar-refractivity contribution is 0.107. The fourth-order valence-electron chi connectivity index (χ4n) is 5.88. The molecule has 5 rings (SSSR count). The molecule has 32 heavy (non-hydrogen) atoms. The highest BCUT2D eigenvalue weighted by molar-refractivity contribution is 5.66. The van der Waals surface area contributed by atoms with Gasteiger partial charge >= 0.3 is 12.1 Å². The molecule has 10 nitrogen and oxygen atoms in total. The Balaban J connectivity index is 1.39. The normalized spacial score (nSPS) is 24.7. The zero-order valence-corrected chi connectivity index (χ0v) is 18.4. The third-order valence-corrected chi connectivity index (χ3v) is 7.53. The van der Waals surface area contributed by atoms with Crippen molar-refractivity contribution in [2.45, 2.75) is 56.7 Å². The molecular formula is C22H31N7O3. The van der Waals surface area contributed by atoms with E-state index in [1.807, 2.05) is 0 Å². The smallest absolute Gasteiger partial charge is 0.407 e. The molecule has 0 unspecified atom stereocenters. The molecule has 0 bridgehead atoms. The van der Waals surface area contributed by atoms with Crippen molar-refractivity contribution in [1.82, 2.24) is 25.1 Å². The Morgan fingerprint density at radius 1 is 1.25 bits per heavy atom. The van der Waals surface area contributed by atoms with Crippen LogP contribution in [0, 0.1) is 11.3 Å². The highest BCUT2D eigenvalue weighted by atomic mass is 16.5. The molecule has 0 aromatic carbocycles. The lowest BCUT2D eigenvalue weighted by Gasteiger charge is -2.40. The first-order chi connectivity index (χ1) is 15.6. The second-order valence-corrected chi connectivity index (χ2v) is 9.33. The minimum absolute atomic E-state index is 0.128. The summed E-state index contributed by atoms with van der Waals surface area (Å²) < 4.78 is 6.25. The van der Waals surface area contributed by atoms with E-state index < -0.39 is 6.09 Å².